The van der Waals surface area contributed by atoms with Crippen LogP contribution in [0.2, 0.25) is 0 Å². The second kappa shape index (κ2) is 2.01. The van der Waals surface area contributed by atoms with Crippen LogP contribution in [0.1, 0.15) is 0 Å². The summed E-state index contributed by atoms with van der Waals surface area (Å²) in [5.74, 6) is 3.01. The van der Waals surface area contributed by atoms with Gasteiger partial charge in [-0.2, -0.15) is 0 Å². The van der Waals surface area contributed by atoms with Crippen LogP contribution in [0.5, 0.6) is 0 Å². The van der Waals surface area contributed by atoms with E-state index in [1.807, 2.05) is 0 Å². The van der Waals surface area contributed by atoms with Gasteiger partial charge in [0.1, 0.15) is 0 Å². The molecular formula is C16H12O2. The third-order valence-electron chi connectivity index (χ3n) is 7.14. The van der Waals surface area contributed by atoms with Gasteiger partial charge in [0.2, 0.25) is 0 Å². The van der Waals surface area contributed by atoms with Crippen LogP contribution in [0.15, 0.2) is 36.5 Å². The number of carbonyl (C=O) groups excluding carboxylic acids is 2. The van der Waals surface area contributed by atoms with Gasteiger partial charge in [0.15, 0.2) is 11.6 Å². The van der Waals surface area contributed by atoms with E-state index >= 15 is 0 Å². The summed E-state index contributed by atoms with van der Waals surface area (Å²) in [5.41, 5.74) is -0.736. The molecular weight excluding hydrogens is 224 g/mol. The van der Waals surface area contributed by atoms with Crippen LogP contribution in [-0.2, 0) is 9.59 Å². The lowest BCUT2D eigenvalue weighted by molar-refractivity contribution is -0.149. The molecule has 4 fully saturated rings. The van der Waals surface area contributed by atoms with E-state index in [1.165, 1.54) is 0 Å². The summed E-state index contributed by atoms with van der Waals surface area (Å²) in [4.78, 5) is 25.4. The summed E-state index contributed by atoms with van der Waals surface area (Å²) >= 11 is 0. The average Bonchev–Trinajstić information content (AvgIpc) is 3.09. The van der Waals surface area contributed by atoms with Crippen LogP contribution < -0.4 is 0 Å². The first-order chi connectivity index (χ1) is 8.75. The minimum atomic E-state index is -0.368. The third-order valence-corrected chi connectivity index (χ3v) is 7.14. The molecule has 88 valence electrons. The number of rotatable bonds is 0. The van der Waals surface area contributed by atoms with E-state index in [9.17, 15) is 9.59 Å². The lowest BCUT2D eigenvalue weighted by Gasteiger charge is -2.51. The summed E-state index contributed by atoms with van der Waals surface area (Å²) in [6.45, 7) is 0. The summed E-state index contributed by atoms with van der Waals surface area (Å²) < 4.78 is 0. The predicted octanol–water partition coefficient (Wildman–Crippen LogP) is 1.54. The van der Waals surface area contributed by atoms with Crippen molar-refractivity contribution in [2.45, 2.75) is 0 Å². The lowest BCUT2D eigenvalue weighted by Crippen LogP contribution is -2.58. The maximum Gasteiger partial charge on any atom is 0.164 e. The molecule has 0 amide bonds. The van der Waals surface area contributed by atoms with Crippen LogP contribution in [0.3, 0.4) is 0 Å². The molecule has 0 heterocycles. The Bertz CT molecular complexity index is 566. The van der Waals surface area contributed by atoms with Crippen molar-refractivity contribution >= 4 is 11.6 Å². The predicted molar refractivity (Wildman–Crippen MR) is 63.2 cm³/mol. The molecule has 0 N–H and O–H groups in total. The number of hydrogen-bond acceptors (Lipinski definition) is 2. The largest absolute Gasteiger partial charge is 0.294 e. The Hall–Kier alpha value is -1.44. The monoisotopic (exact) mass is 236 g/mol. The van der Waals surface area contributed by atoms with Crippen molar-refractivity contribution in [3.05, 3.63) is 36.5 Å². The van der Waals surface area contributed by atoms with Gasteiger partial charge >= 0.3 is 0 Å². The number of allylic oxidation sites excluding steroid dienone is 6. The van der Waals surface area contributed by atoms with Crippen LogP contribution in [-0.4, -0.2) is 11.6 Å². The summed E-state index contributed by atoms with van der Waals surface area (Å²) in [7, 11) is 0. The highest BCUT2D eigenvalue weighted by atomic mass is 16.1. The van der Waals surface area contributed by atoms with Crippen molar-refractivity contribution in [2.75, 3.05) is 0 Å². The fourth-order valence-corrected chi connectivity index (χ4v) is 7.26. The zero-order valence-electron chi connectivity index (χ0n) is 9.74. The van der Waals surface area contributed by atoms with E-state index in [1.54, 1.807) is 12.2 Å². The highest BCUT2D eigenvalue weighted by Crippen LogP contribution is 2.90. The Kier molecular flexibility index (Phi) is 0.961. The molecule has 18 heavy (non-hydrogen) atoms. The van der Waals surface area contributed by atoms with Gasteiger partial charge in [0, 0.05) is 0 Å². The minimum Gasteiger partial charge on any atom is -0.294 e. The normalized spacial score (nSPS) is 66.9. The quantitative estimate of drug-likeness (QED) is 0.598. The number of ketones is 2. The standard InChI is InChI=1S/C16H12O2/c17-11-5-6-12(18)16-8-2-1-7-13(8)14-9(15(7,11)16)3-4-10(14)16/h1-10,13-14H. The molecule has 8 bridgehead atoms. The molecule has 0 aliphatic heterocycles. The van der Waals surface area contributed by atoms with Gasteiger partial charge in [0.05, 0.1) is 10.8 Å². The van der Waals surface area contributed by atoms with Gasteiger partial charge in [0.25, 0.3) is 0 Å². The molecule has 7 rings (SSSR count). The van der Waals surface area contributed by atoms with Crippen molar-refractivity contribution in [3.8, 4) is 0 Å². The van der Waals surface area contributed by atoms with E-state index in [0.29, 0.717) is 35.5 Å². The maximum atomic E-state index is 12.7. The van der Waals surface area contributed by atoms with Gasteiger partial charge < -0.3 is 0 Å². The molecule has 4 saturated carbocycles. The van der Waals surface area contributed by atoms with Crippen molar-refractivity contribution in [2.24, 2.45) is 46.3 Å². The first-order valence-corrected chi connectivity index (χ1v) is 6.89. The molecule has 2 nitrogen and oxygen atoms in total. The average molecular weight is 236 g/mol. The van der Waals surface area contributed by atoms with Gasteiger partial charge in [-0.05, 0) is 47.7 Å². The van der Waals surface area contributed by atoms with E-state index in [4.69, 9.17) is 0 Å². The van der Waals surface area contributed by atoms with Crippen LogP contribution in [0.4, 0.5) is 0 Å². The zero-order chi connectivity index (χ0) is 11.9. The van der Waals surface area contributed by atoms with Gasteiger partial charge in [-0.3, -0.25) is 9.59 Å². The Balaban J connectivity index is 1.85. The smallest absolute Gasteiger partial charge is 0.164 e. The van der Waals surface area contributed by atoms with Crippen molar-refractivity contribution < 1.29 is 9.59 Å². The lowest BCUT2D eigenvalue weighted by atomic mass is 9.48. The Labute approximate surface area is 104 Å². The summed E-state index contributed by atoms with van der Waals surface area (Å²) in [5, 5.41) is 0. The van der Waals surface area contributed by atoms with E-state index < -0.39 is 0 Å². The van der Waals surface area contributed by atoms with E-state index in [-0.39, 0.29) is 22.4 Å². The zero-order valence-corrected chi connectivity index (χ0v) is 9.74. The molecule has 4 atom stereocenters. The topological polar surface area (TPSA) is 34.1 Å². The Morgan fingerprint density at radius 2 is 1.00 bits per heavy atom. The fraction of sp³-hybridized carbons (Fsp3) is 0.500. The molecule has 2 spiro atoms. The van der Waals surface area contributed by atoms with Crippen molar-refractivity contribution in [1.82, 2.24) is 0 Å². The highest BCUT2D eigenvalue weighted by Gasteiger charge is 2.92. The molecule has 0 radical (unpaired) electrons. The molecule has 2 heteroatoms. The second-order valence-corrected chi connectivity index (χ2v) is 6.83. The molecule has 7 aliphatic carbocycles. The Morgan fingerprint density at radius 3 is 1.33 bits per heavy atom. The van der Waals surface area contributed by atoms with Gasteiger partial charge in [-0.1, -0.05) is 24.3 Å². The molecule has 0 saturated heterocycles. The van der Waals surface area contributed by atoms with Crippen LogP contribution in [0.25, 0.3) is 0 Å². The van der Waals surface area contributed by atoms with E-state index in [0.717, 1.165) is 0 Å². The number of hydrogen-bond donors (Lipinski definition) is 0. The maximum absolute atomic E-state index is 12.7. The van der Waals surface area contributed by atoms with Crippen molar-refractivity contribution in [1.29, 1.82) is 0 Å². The first kappa shape index (κ1) is 8.63. The molecule has 7 aliphatic rings. The van der Waals surface area contributed by atoms with E-state index in [2.05, 4.69) is 24.3 Å². The molecule has 0 aromatic rings. The summed E-state index contributed by atoms with van der Waals surface area (Å²) in [6, 6.07) is 0. The Morgan fingerprint density at radius 1 is 0.667 bits per heavy atom. The van der Waals surface area contributed by atoms with Crippen molar-refractivity contribution in [3.63, 3.8) is 0 Å². The van der Waals surface area contributed by atoms with Gasteiger partial charge in [-0.25, -0.2) is 0 Å². The second-order valence-electron chi connectivity index (χ2n) is 6.83. The molecule has 0 aromatic heterocycles. The first-order valence-electron chi connectivity index (χ1n) is 6.89. The highest BCUT2D eigenvalue weighted by molar-refractivity contribution is 6.15. The third kappa shape index (κ3) is 0.434. The fourth-order valence-electron chi connectivity index (χ4n) is 7.26. The molecule has 4 unspecified atom stereocenters. The van der Waals surface area contributed by atoms with Gasteiger partial charge in [-0.15, -0.1) is 0 Å². The number of carbonyl (C=O) groups is 2. The minimum absolute atomic E-state index is 0.239. The SMILES string of the molecule is O=C1C=CC(=O)C23C4C=CC5C4C4C(C=CC42)C153. The molecule has 0 aromatic carbocycles. The van der Waals surface area contributed by atoms with Crippen LogP contribution in [0, 0.1) is 46.3 Å². The van der Waals surface area contributed by atoms with Crippen LogP contribution >= 0.6 is 0 Å². The summed E-state index contributed by atoms with van der Waals surface area (Å²) in [6.07, 6.45) is 12.1.